The van der Waals surface area contributed by atoms with E-state index in [1.807, 2.05) is 0 Å². The minimum absolute atomic E-state index is 0.187. The molecule has 2 aliphatic rings. The number of amides is 2. The van der Waals surface area contributed by atoms with Crippen molar-refractivity contribution in [3.05, 3.63) is 47.5 Å². The average molecular weight is 686 g/mol. The number of benzene rings is 1. The van der Waals surface area contributed by atoms with Crippen LogP contribution in [0.3, 0.4) is 0 Å². The molecule has 1 saturated heterocycles. The molecule has 1 fully saturated rings. The number of esters is 3. The Balaban J connectivity index is 1.59. The second kappa shape index (κ2) is 21.5. The van der Waals surface area contributed by atoms with Gasteiger partial charge in [0.2, 0.25) is 0 Å². The van der Waals surface area contributed by atoms with Gasteiger partial charge in [-0.1, -0.05) is 89.0 Å². The van der Waals surface area contributed by atoms with Crippen molar-refractivity contribution >= 4 is 29.7 Å². The Morgan fingerprint density at radius 3 is 1.76 bits per heavy atom. The molecule has 49 heavy (non-hydrogen) atoms. The Morgan fingerprint density at radius 2 is 1.22 bits per heavy atom. The molecular formula is C38H55NO10. The van der Waals surface area contributed by atoms with Crippen LogP contribution in [0.25, 0.3) is 0 Å². The predicted molar refractivity (Wildman–Crippen MR) is 183 cm³/mol. The van der Waals surface area contributed by atoms with Crippen LogP contribution >= 0.6 is 0 Å². The molecule has 0 bridgehead atoms. The molecule has 2 amide bonds. The molecule has 2 heterocycles. The fourth-order valence-corrected chi connectivity index (χ4v) is 6.32. The van der Waals surface area contributed by atoms with E-state index in [9.17, 15) is 24.0 Å². The van der Waals surface area contributed by atoms with E-state index in [4.69, 9.17) is 23.7 Å². The summed E-state index contributed by atoms with van der Waals surface area (Å²) >= 11 is 0. The van der Waals surface area contributed by atoms with E-state index >= 15 is 0 Å². The molecule has 5 atom stereocenters. The molecule has 1 unspecified atom stereocenters. The summed E-state index contributed by atoms with van der Waals surface area (Å²) < 4.78 is 28.7. The first-order valence-corrected chi connectivity index (χ1v) is 18.0. The summed E-state index contributed by atoms with van der Waals surface area (Å²) in [4.78, 5) is 64.4. The molecule has 0 aliphatic carbocycles. The van der Waals surface area contributed by atoms with Gasteiger partial charge < -0.3 is 23.7 Å². The first-order chi connectivity index (χ1) is 23.6. The van der Waals surface area contributed by atoms with E-state index in [0.29, 0.717) is 6.42 Å². The third-order valence-corrected chi connectivity index (χ3v) is 8.73. The summed E-state index contributed by atoms with van der Waals surface area (Å²) in [6.07, 6.45) is 15.8. The minimum Gasteiger partial charge on any atom is -0.463 e. The van der Waals surface area contributed by atoms with Crippen molar-refractivity contribution in [3.8, 4) is 0 Å². The lowest BCUT2D eigenvalue weighted by Gasteiger charge is -2.47. The van der Waals surface area contributed by atoms with Gasteiger partial charge >= 0.3 is 17.9 Å². The van der Waals surface area contributed by atoms with E-state index in [1.165, 1.54) is 77.8 Å². The molecule has 0 saturated carbocycles. The van der Waals surface area contributed by atoms with E-state index in [-0.39, 0.29) is 24.3 Å². The average Bonchev–Trinajstić information content (AvgIpc) is 3.31. The Labute approximate surface area is 291 Å². The predicted octanol–water partition coefficient (Wildman–Crippen LogP) is 6.86. The number of unbranched alkanes of at least 4 members (excludes halogenated alkanes) is 12. The van der Waals surface area contributed by atoms with Crippen molar-refractivity contribution < 1.29 is 47.7 Å². The number of hydrogen-bond acceptors (Lipinski definition) is 10. The van der Waals surface area contributed by atoms with Crippen LogP contribution in [0.15, 0.2) is 36.4 Å². The van der Waals surface area contributed by atoms with Crippen molar-refractivity contribution in [1.29, 1.82) is 0 Å². The summed E-state index contributed by atoms with van der Waals surface area (Å²) in [7, 11) is 0. The normalized spacial score (nSPS) is 22.0. The van der Waals surface area contributed by atoms with Crippen LogP contribution in [-0.4, -0.2) is 78.5 Å². The molecule has 3 rings (SSSR count). The quantitative estimate of drug-likeness (QED) is 0.0419. The summed E-state index contributed by atoms with van der Waals surface area (Å²) in [5.41, 5.74) is 0.374. The topological polar surface area (TPSA) is 135 Å². The van der Waals surface area contributed by atoms with Crippen LogP contribution in [0.2, 0.25) is 0 Å². The SMILES string of the molecule is CCCCCCCCC=CCCCCCCCCOC1O[C@H](COC(C)=O)[C@@H](OC(C)=O)[C@H](OC(C)=O)[C@H]1N1C(=O)c2ccccc2C1=O. The van der Waals surface area contributed by atoms with Crippen LogP contribution < -0.4 is 0 Å². The maximum Gasteiger partial charge on any atom is 0.303 e. The number of nitrogens with zero attached hydrogens (tertiary/aromatic N) is 1. The molecule has 0 N–H and O–H groups in total. The number of carbonyl (C=O) groups is 5. The fraction of sp³-hybridized carbons (Fsp3) is 0.658. The molecule has 0 spiro atoms. The van der Waals surface area contributed by atoms with Crippen molar-refractivity contribution in [2.24, 2.45) is 0 Å². The molecule has 0 aromatic heterocycles. The number of carbonyl (C=O) groups excluding carboxylic acids is 5. The molecule has 1 aromatic rings. The van der Waals surface area contributed by atoms with E-state index in [1.54, 1.807) is 12.1 Å². The van der Waals surface area contributed by atoms with Gasteiger partial charge in [-0.05, 0) is 44.2 Å². The second-order valence-corrected chi connectivity index (χ2v) is 12.8. The fourth-order valence-electron chi connectivity index (χ4n) is 6.32. The minimum atomic E-state index is -1.36. The van der Waals surface area contributed by atoms with Crippen LogP contribution in [0.5, 0.6) is 0 Å². The van der Waals surface area contributed by atoms with Gasteiger partial charge in [-0.25, -0.2) is 0 Å². The van der Waals surface area contributed by atoms with E-state index in [2.05, 4.69) is 19.1 Å². The smallest absolute Gasteiger partial charge is 0.303 e. The summed E-state index contributed by atoms with van der Waals surface area (Å²) in [5.74, 6) is -3.28. The molecule has 2 aliphatic heterocycles. The van der Waals surface area contributed by atoms with E-state index < -0.39 is 60.4 Å². The molecular weight excluding hydrogens is 630 g/mol. The third kappa shape index (κ3) is 12.7. The molecule has 11 heteroatoms. The Hall–Kier alpha value is -3.57. The van der Waals surface area contributed by atoms with Gasteiger partial charge in [-0.3, -0.25) is 28.9 Å². The zero-order chi connectivity index (χ0) is 35.6. The highest BCUT2D eigenvalue weighted by molar-refractivity contribution is 6.21. The lowest BCUT2D eigenvalue weighted by molar-refractivity contribution is -0.286. The lowest BCUT2D eigenvalue weighted by Crippen LogP contribution is -2.67. The Bertz CT molecular complexity index is 1230. The van der Waals surface area contributed by atoms with Gasteiger partial charge in [-0.15, -0.1) is 0 Å². The van der Waals surface area contributed by atoms with Crippen LogP contribution in [-0.2, 0) is 38.1 Å². The van der Waals surface area contributed by atoms with E-state index in [0.717, 1.165) is 43.4 Å². The first kappa shape index (κ1) is 39.9. The maximum absolute atomic E-state index is 13.6. The number of hydrogen-bond donors (Lipinski definition) is 0. The van der Waals surface area contributed by atoms with Crippen LogP contribution in [0.4, 0.5) is 0 Å². The summed E-state index contributed by atoms with van der Waals surface area (Å²) in [6.45, 7) is 5.69. The maximum atomic E-state index is 13.6. The largest absolute Gasteiger partial charge is 0.463 e. The number of allylic oxidation sites excluding steroid dienone is 2. The number of ether oxygens (including phenoxy) is 5. The van der Waals surface area contributed by atoms with Crippen molar-refractivity contribution in [1.82, 2.24) is 4.90 Å². The highest BCUT2D eigenvalue weighted by Crippen LogP contribution is 2.35. The molecule has 1 aromatic carbocycles. The second-order valence-electron chi connectivity index (χ2n) is 12.8. The van der Waals surface area contributed by atoms with Crippen LogP contribution in [0.1, 0.15) is 138 Å². The summed E-state index contributed by atoms with van der Waals surface area (Å²) in [5, 5.41) is 0. The summed E-state index contributed by atoms with van der Waals surface area (Å²) in [6, 6.07) is 5.08. The van der Waals surface area contributed by atoms with Gasteiger partial charge in [0.1, 0.15) is 18.8 Å². The molecule has 272 valence electrons. The zero-order valence-corrected chi connectivity index (χ0v) is 29.7. The highest BCUT2D eigenvalue weighted by atomic mass is 16.7. The molecule has 0 radical (unpaired) electrons. The van der Waals surface area contributed by atoms with Gasteiger partial charge in [0.15, 0.2) is 18.5 Å². The van der Waals surface area contributed by atoms with Crippen molar-refractivity contribution in [2.75, 3.05) is 13.2 Å². The van der Waals surface area contributed by atoms with Gasteiger partial charge in [0, 0.05) is 27.4 Å². The monoisotopic (exact) mass is 685 g/mol. The lowest BCUT2D eigenvalue weighted by atomic mass is 9.94. The van der Waals surface area contributed by atoms with Crippen LogP contribution in [0, 0.1) is 0 Å². The third-order valence-electron chi connectivity index (χ3n) is 8.73. The number of fused-ring (bicyclic) bond motifs is 1. The highest BCUT2D eigenvalue weighted by Gasteiger charge is 2.57. The van der Waals surface area contributed by atoms with Crippen molar-refractivity contribution in [3.63, 3.8) is 0 Å². The number of rotatable bonds is 22. The number of imide groups is 1. The first-order valence-electron chi connectivity index (χ1n) is 18.0. The van der Waals surface area contributed by atoms with Crippen molar-refractivity contribution in [2.45, 2.75) is 148 Å². The van der Waals surface area contributed by atoms with Gasteiger partial charge in [0.05, 0.1) is 11.1 Å². The standard InChI is InChI=1S/C38H55NO10/c1-5-6-7-8-9-10-11-12-13-14-15-16-17-18-19-22-25-45-38-33(39-36(43)30-23-20-21-24-31(30)37(39)44)35(48-29(4)42)34(47-28(3)41)32(49-38)26-46-27(2)40/h12-13,20-21,23-24,32-35,38H,5-11,14-19,22,25-26H2,1-4H3/t32-,33-,34-,35-,38?/m1/s1. The zero-order valence-electron chi connectivity index (χ0n) is 29.7. The Morgan fingerprint density at radius 1 is 0.714 bits per heavy atom. The Kier molecular flexibility index (Phi) is 17.5. The van der Waals surface area contributed by atoms with Gasteiger partial charge in [-0.2, -0.15) is 0 Å². The molecule has 11 nitrogen and oxygen atoms in total. The van der Waals surface area contributed by atoms with Gasteiger partial charge in [0.25, 0.3) is 11.8 Å².